The van der Waals surface area contributed by atoms with Gasteiger partial charge in [-0.25, -0.2) is 13.4 Å². The van der Waals surface area contributed by atoms with Crippen molar-refractivity contribution < 1.29 is 27.3 Å². The first-order chi connectivity index (χ1) is 14.7. The molecule has 0 aliphatic carbocycles. The Bertz CT molecular complexity index is 1120. The van der Waals surface area contributed by atoms with Gasteiger partial charge < -0.3 is 4.52 Å². The molecule has 2 aromatic rings. The summed E-state index contributed by atoms with van der Waals surface area (Å²) >= 11 is 1.21. The number of imide groups is 1. The van der Waals surface area contributed by atoms with Crippen molar-refractivity contribution in [3.8, 4) is 0 Å². The third-order valence-electron chi connectivity index (χ3n) is 5.13. The molecule has 2 aliphatic rings. The van der Waals surface area contributed by atoms with Gasteiger partial charge in [-0.2, -0.15) is 4.31 Å². The van der Waals surface area contributed by atoms with Gasteiger partial charge >= 0.3 is 0 Å². The second kappa shape index (κ2) is 8.48. The number of nitrogens with zero attached hydrogens (tertiary/aromatic N) is 4. The molecule has 11 nitrogen and oxygen atoms in total. The van der Waals surface area contributed by atoms with Crippen molar-refractivity contribution in [3.05, 3.63) is 28.1 Å². The highest BCUT2D eigenvalue weighted by atomic mass is 32.2. The quantitative estimate of drug-likeness (QED) is 0.618. The third kappa shape index (κ3) is 4.67. The lowest BCUT2D eigenvalue weighted by Gasteiger charge is -2.28. The molecule has 1 N–H and O–H groups in total. The predicted octanol–water partition coefficient (Wildman–Crippen LogP) is 0.919. The summed E-state index contributed by atoms with van der Waals surface area (Å²) < 4.78 is 31.8. The van der Waals surface area contributed by atoms with Crippen molar-refractivity contribution in [2.24, 2.45) is 0 Å². The lowest BCUT2D eigenvalue weighted by Crippen LogP contribution is -2.45. The molecule has 0 bridgehead atoms. The van der Waals surface area contributed by atoms with Crippen LogP contribution in [-0.4, -0.2) is 64.3 Å². The lowest BCUT2D eigenvalue weighted by atomic mass is 10.1. The van der Waals surface area contributed by atoms with E-state index in [1.165, 1.54) is 21.7 Å². The van der Waals surface area contributed by atoms with Gasteiger partial charge in [0, 0.05) is 49.8 Å². The van der Waals surface area contributed by atoms with E-state index in [0.717, 1.165) is 15.5 Å². The average molecular weight is 468 g/mol. The molecule has 0 aromatic carbocycles. The number of anilines is 1. The van der Waals surface area contributed by atoms with E-state index in [4.69, 9.17) is 4.52 Å². The zero-order valence-corrected chi connectivity index (χ0v) is 18.4. The van der Waals surface area contributed by atoms with Gasteiger partial charge in [0.15, 0.2) is 10.8 Å². The Labute approximate surface area is 182 Å². The van der Waals surface area contributed by atoms with Gasteiger partial charge in [-0.1, -0.05) is 5.16 Å². The molecule has 1 fully saturated rings. The first kappa shape index (κ1) is 21.6. The molecule has 31 heavy (non-hydrogen) atoms. The highest BCUT2D eigenvalue weighted by Crippen LogP contribution is 2.30. The monoisotopic (exact) mass is 467 g/mol. The minimum atomic E-state index is -3.67. The summed E-state index contributed by atoms with van der Waals surface area (Å²) in [6, 6.07) is 1.51. The summed E-state index contributed by atoms with van der Waals surface area (Å²) in [6.45, 7) is 1.93. The number of fused-ring (bicyclic) bond motifs is 1. The number of hydrogen-bond acceptors (Lipinski definition) is 9. The number of rotatable bonds is 6. The van der Waals surface area contributed by atoms with E-state index < -0.39 is 15.9 Å². The number of aromatic nitrogens is 2. The van der Waals surface area contributed by atoms with Gasteiger partial charge in [0.05, 0.1) is 11.4 Å². The number of hydrogen-bond donors (Lipinski definition) is 1. The summed E-state index contributed by atoms with van der Waals surface area (Å²) in [7, 11) is -3.67. The highest BCUT2D eigenvalue weighted by molar-refractivity contribution is 7.89. The van der Waals surface area contributed by atoms with Crippen LogP contribution in [0.2, 0.25) is 0 Å². The van der Waals surface area contributed by atoms with E-state index in [1.807, 2.05) is 0 Å². The number of aryl methyl sites for hydroxylation is 1. The Morgan fingerprint density at radius 1 is 1.26 bits per heavy atom. The number of carbonyl (C=O) groups is 3. The SMILES string of the molecule is Cc1cc(C(=O)Nc2nc3c(s2)CN(S(=O)(=O)CCN2C(=O)CCCC2=O)CC3)no1. The number of carbonyl (C=O) groups excluding carboxylic acids is 3. The average Bonchev–Trinajstić information content (AvgIpc) is 3.32. The second-order valence-electron chi connectivity index (χ2n) is 7.36. The van der Waals surface area contributed by atoms with Crippen LogP contribution >= 0.6 is 11.3 Å². The maximum atomic E-state index is 12.8. The molecule has 3 amide bonds. The van der Waals surface area contributed by atoms with Crippen LogP contribution < -0.4 is 5.32 Å². The van der Waals surface area contributed by atoms with E-state index >= 15 is 0 Å². The van der Waals surface area contributed by atoms with Crippen LogP contribution in [-0.2, 0) is 32.6 Å². The largest absolute Gasteiger partial charge is 0.361 e. The maximum Gasteiger partial charge on any atom is 0.279 e. The second-order valence-corrected chi connectivity index (χ2v) is 10.5. The van der Waals surface area contributed by atoms with E-state index in [1.54, 1.807) is 6.92 Å². The van der Waals surface area contributed by atoms with E-state index in [9.17, 15) is 22.8 Å². The van der Waals surface area contributed by atoms with Crippen molar-refractivity contribution in [2.45, 2.75) is 39.2 Å². The smallest absolute Gasteiger partial charge is 0.279 e. The van der Waals surface area contributed by atoms with Crippen LogP contribution in [0.4, 0.5) is 5.13 Å². The maximum absolute atomic E-state index is 12.8. The normalized spacial score (nSPS) is 17.6. The fourth-order valence-electron chi connectivity index (χ4n) is 3.48. The molecule has 2 aromatic heterocycles. The molecule has 0 saturated carbocycles. The molecule has 4 heterocycles. The van der Waals surface area contributed by atoms with Crippen molar-refractivity contribution in [1.82, 2.24) is 19.3 Å². The van der Waals surface area contributed by atoms with Crippen LogP contribution in [0.5, 0.6) is 0 Å². The molecule has 0 unspecified atom stereocenters. The first-order valence-electron chi connectivity index (χ1n) is 9.77. The molecular formula is C18H21N5O6S2. The molecule has 1 saturated heterocycles. The molecule has 4 rings (SSSR count). The highest BCUT2D eigenvalue weighted by Gasteiger charge is 2.32. The van der Waals surface area contributed by atoms with Gasteiger partial charge in [0.2, 0.25) is 21.8 Å². The molecule has 13 heteroatoms. The number of likely N-dealkylation sites (tertiary alicyclic amines) is 1. The molecule has 2 aliphatic heterocycles. The van der Waals surface area contributed by atoms with Crippen LogP contribution in [0.25, 0.3) is 0 Å². The van der Waals surface area contributed by atoms with Gasteiger partial charge in [-0.3, -0.25) is 24.6 Å². The number of amides is 3. The number of nitrogens with one attached hydrogen (secondary N) is 1. The van der Waals surface area contributed by atoms with Crippen molar-refractivity contribution >= 4 is 44.2 Å². The standard InChI is InChI=1S/C18H21N5O6S2/c1-11-9-13(21-29-11)17(26)20-18-19-12-5-6-22(10-14(12)30-18)31(27,28)8-7-23-15(24)3-2-4-16(23)25/h9H,2-8,10H2,1H3,(H,19,20,26). The van der Waals surface area contributed by atoms with Crippen LogP contribution in [0.1, 0.15) is 46.1 Å². The molecular weight excluding hydrogens is 446 g/mol. The Morgan fingerprint density at radius 2 is 2.00 bits per heavy atom. The van der Waals surface area contributed by atoms with Gasteiger partial charge in [0.1, 0.15) is 5.76 Å². The fraction of sp³-hybridized carbons (Fsp3) is 0.500. The molecule has 0 radical (unpaired) electrons. The third-order valence-corrected chi connectivity index (χ3v) is 7.92. The van der Waals surface area contributed by atoms with Crippen LogP contribution in [0.15, 0.2) is 10.6 Å². The first-order valence-corrected chi connectivity index (χ1v) is 12.2. The van der Waals surface area contributed by atoms with Crippen molar-refractivity contribution in [2.75, 3.05) is 24.2 Å². The van der Waals surface area contributed by atoms with Crippen molar-refractivity contribution in [3.63, 3.8) is 0 Å². The zero-order chi connectivity index (χ0) is 22.2. The summed E-state index contributed by atoms with van der Waals surface area (Å²) in [5, 5.41) is 6.68. The summed E-state index contributed by atoms with van der Waals surface area (Å²) in [5.74, 6) is -0.899. The van der Waals surface area contributed by atoms with Crippen LogP contribution in [0.3, 0.4) is 0 Å². The lowest BCUT2D eigenvalue weighted by molar-refractivity contribution is -0.147. The van der Waals surface area contributed by atoms with Gasteiger partial charge in [-0.05, 0) is 13.3 Å². The zero-order valence-electron chi connectivity index (χ0n) is 16.8. The van der Waals surface area contributed by atoms with Gasteiger partial charge in [0.25, 0.3) is 5.91 Å². The summed E-state index contributed by atoms with van der Waals surface area (Å²) in [5.41, 5.74) is 0.876. The number of piperidine rings is 1. The summed E-state index contributed by atoms with van der Waals surface area (Å²) in [6.07, 6.45) is 1.45. The Balaban J connectivity index is 1.39. The molecule has 166 valence electrons. The molecule has 0 spiro atoms. The van der Waals surface area contributed by atoms with E-state index in [2.05, 4.69) is 15.5 Å². The minimum Gasteiger partial charge on any atom is -0.361 e. The fourth-order valence-corrected chi connectivity index (χ4v) is 5.95. The van der Waals surface area contributed by atoms with Gasteiger partial charge in [-0.15, -0.1) is 11.3 Å². The Kier molecular flexibility index (Phi) is 5.90. The van der Waals surface area contributed by atoms with E-state index in [0.29, 0.717) is 23.7 Å². The topological polar surface area (TPSA) is 143 Å². The number of thiazole rings is 1. The predicted molar refractivity (Wildman–Crippen MR) is 110 cm³/mol. The van der Waals surface area contributed by atoms with E-state index in [-0.39, 0.29) is 55.7 Å². The summed E-state index contributed by atoms with van der Waals surface area (Å²) in [4.78, 5) is 42.2. The Morgan fingerprint density at radius 3 is 2.68 bits per heavy atom. The van der Waals surface area contributed by atoms with Crippen LogP contribution in [0, 0.1) is 6.92 Å². The number of sulfonamides is 1. The Hall–Kier alpha value is -2.64. The molecule has 0 atom stereocenters. The van der Waals surface area contributed by atoms with Crippen molar-refractivity contribution in [1.29, 1.82) is 0 Å². The minimum absolute atomic E-state index is 0.134.